The van der Waals surface area contributed by atoms with Crippen LogP contribution in [0.1, 0.15) is 42.3 Å². The van der Waals surface area contributed by atoms with E-state index in [0.717, 1.165) is 16.8 Å². The molecule has 0 aliphatic rings. The van der Waals surface area contributed by atoms with Crippen molar-refractivity contribution in [1.82, 2.24) is 9.97 Å². The highest BCUT2D eigenvalue weighted by Crippen LogP contribution is 2.27. The zero-order valence-corrected chi connectivity index (χ0v) is 17.0. The van der Waals surface area contributed by atoms with E-state index in [0.29, 0.717) is 22.7 Å². The molecular weight excluding hydrogens is 362 g/mol. The second-order valence-corrected chi connectivity index (χ2v) is 8.16. The lowest BCUT2D eigenvalue weighted by molar-refractivity contribution is 0.102. The summed E-state index contributed by atoms with van der Waals surface area (Å²) in [6.07, 6.45) is 1.69. The number of hydrogen-bond donors (Lipinski definition) is 1. The quantitative estimate of drug-likeness (QED) is 0.488. The maximum Gasteiger partial charge on any atom is 0.255 e. The van der Waals surface area contributed by atoms with Crippen LogP contribution in [0.15, 0.2) is 65.2 Å². The average Bonchev–Trinajstić information content (AvgIpc) is 3.13. The van der Waals surface area contributed by atoms with Gasteiger partial charge in [-0.05, 0) is 65.9 Å². The minimum atomic E-state index is -0.132. The Hall–Kier alpha value is -3.47. The molecule has 29 heavy (non-hydrogen) atoms. The van der Waals surface area contributed by atoms with E-state index in [2.05, 4.69) is 36.1 Å². The minimum absolute atomic E-state index is 0.0572. The lowest BCUT2D eigenvalue weighted by Crippen LogP contribution is -2.14. The van der Waals surface area contributed by atoms with Gasteiger partial charge in [0.25, 0.3) is 5.91 Å². The Morgan fingerprint density at radius 1 is 1.03 bits per heavy atom. The van der Waals surface area contributed by atoms with Gasteiger partial charge in [-0.25, -0.2) is 4.98 Å². The molecule has 0 aliphatic carbocycles. The molecule has 0 atom stereocenters. The maximum atomic E-state index is 12.6. The van der Waals surface area contributed by atoms with Crippen LogP contribution in [0.2, 0.25) is 0 Å². The zero-order chi connectivity index (χ0) is 20.6. The summed E-state index contributed by atoms with van der Waals surface area (Å²) in [7, 11) is 0. The molecule has 0 saturated heterocycles. The number of benzene rings is 2. The summed E-state index contributed by atoms with van der Waals surface area (Å²) in [6, 6.07) is 17.1. The van der Waals surface area contributed by atoms with Gasteiger partial charge in [-0.1, -0.05) is 32.9 Å². The van der Waals surface area contributed by atoms with E-state index in [4.69, 9.17) is 4.42 Å². The molecule has 2 aromatic carbocycles. The van der Waals surface area contributed by atoms with Gasteiger partial charge in [0.1, 0.15) is 0 Å². The summed E-state index contributed by atoms with van der Waals surface area (Å²) in [4.78, 5) is 21.3. The standard InChI is InChI=1S/C24H23N3O2/c1-15-14-17(23-27-21-20(29-23)6-5-13-25-21)9-12-19(15)26-22(28)16-7-10-18(11-8-16)24(2,3)4/h5-14H,1-4H3,(H,26,28). The molecule has 0 spiro atoms. The highest BCUT2D eigenvalue weighted by Gasteiger charge is 2.15. The van der Waals surface area contributed by atoms with Crippen LogP contribution in [0.25, 0.3) is 22.7 Å². The van der Waals surface area contributed by atoms with E-state index in [-0.39, 0.29) is 11.3 Å². The first kappa shape index (κ1) is 18.9. The number of hydrogen-bond acceptors (Lipinski definition) is 4. The summed E-state index contributed by atoms with van der Waals surface area (Å²) in [6.45, 7) is 8.41. The van der Waals surface area contributed by atoms with Crippen LogP contribution < -0.4 is 5.32 Å². The second kappa shape index (κ2) is 7.17. The van der Waals surface area contributed by atoms with Crippen molar-refractivity contribution in [2.75, 3.05) is 5.32 Å². The van der Waals surface area contributed by atoms with E-state index in [1.165, 1.54) is 5.56 Å². The molecule has 4 rings (SSSR count). The Morgan fingerprint density at radius 3 is 2.45 bits per heavy atom. The lowest BCUT2D eigenvalue weighted by Gasteiger charge is -2.19. The molecule has 1 N–H and O–H groups in total. The smallest absolute Gasteiger partial charge is 0.255 e. The van der Waals surface area contributed by atoms with Crippen LogP contribution in [0.3, 0.4) is 0 Å². The lowest BCUT2D eigenvalue weighted by atomic mass is 9.86. The maximum absolute atomic E-state index is 12.6. The fraction of sp³-hybridized carbons (Fsp3) is 0.208. The van der Waals surface area contributed by atoms with Gasteiger partial charge in [-0.15, -0.1) is 0 Å². The molecule has 5 nitrogen and oxygen atoms in total. The number of nitrogens with zero attached hydrogens (tertiary/aromatic N) is 2. The van der Waals surface area contributed by atoms with Crippen LogP contribution in [-0.4, -0.2) is 15.9 Å². The first-order valence-corrected chi connectivity index (χ1v) is 9.56. The third kappa shape index (κ3) is 3.90. The van der Waals surface area contributed by atoms with Gasteiger partial charge in [0.05, 0.1) is 0 Å². The van der Waals surface area contributed by atoms with E-state index in [1.54, 1.807) is 6.20 Å². The Labute approximate surface area is 169 Å². The second-order valence-electron chi connectivity index (χ2n) is 8.16. The van der Waals surface area contributed by atoms with Crippen molar-refractivity contribution >= 4 is 22.8 Å². The number of amides is 1. The monoisotopic (exact) mass is 385 g/mol. The highest BCUT2D eigenvalue weighted by molar-refractivity contribution is 6.04. The third-order valence-electron chi connectivity index (χ3n) is 4.90. The minimum Gasteiger partial charge on any atom is -0.434 e. The molecule has 146 valence electrons. The summed E-state index contributed by atoms with van der Waals surface area (Å²) in [5, 5.41) is 2.99. The van der Waals surface area contributed by atoms with Crippen molar-refractivity contribution in [1.29, 1.82) is 0 Å². The first-order valence-electron chi connectivity index (χ1n) is 9.56. The topological polar surface area (TPSA) is 68.0 Å². The number of rotatable bonds is 3. The van der Waals surface area contributed by atoms with E-state index < -0.39 is 0 Å². The number of carbonyl (C=O) groups excluding carboxylic acids is 1. The number of aryl methyl sites for hydroxylation is 1. The van der Waals surface area contributed by atoms with Gasteiger partial charge in [0, 0.05) is 23.0 Å². The van der Waals surface area contributed by atoms with Crippen LogP contribution in [-0.2, 0) is 5.41 Å². The molecule has 0 radical (unpaired) electrons. The van der Waals surface area contributed by atoms with Crippen LogP contribution in [0, 0.1) is 6.92 Å². The van der Waals surface area contributed by atoms with Crippen molar-refractivity contribution in [2.45, 2.75) is 33.1 Å². The summed E-state index contributed by atoms with van der Waals surface area (Å²) in [5.41, 5.74) is 5.64. The van der Waals surface area contributed by atoms with Gasteiger partial charge in [0.2, 0.25) is 5.89 Å². The normalized spacial score (nSPS) is 11.6. The molecule has 0 saturated carbocycles. The summed E-state index contributed by atoms with van der Waals surface area (Å²) >= 11 is 0. The Bertz CT molecular complexity index is 1150. The fourth-order valence-corrected chi connectivity index (χ4v) is 3.15. The van der Waals surface area contributed by atoms with Gasteiger partial charge < -0.3 is 9.73 Å². The highest BCUT2D eigenvalue weighted by atomic mass is 16.3. The third-order valence-corrected chi connectivity index (χ3v) is 4.90. The van der Waals surface area contributed by atoms with Crippen molar-refractivity contribution in [2.24, 2.45) is 0 Å². The molecule has 2 aromatic heterocycles. The van der Waals surface area contributed by atoms with E-state index >= 15 is 0 Å². The average molecular weight is 385 g/mol. The molecule has 5 heteroatoms. The van der Waals surface area contributed by atoms with Gasteiger partial charge in [0.15, 0.2) is 11.2 Å². The number of fused-ring (bicyclic) bond motifs is 1. The van der Waals surface area contributed by atoms with Gasteiger partial charge in [-0.3, -0.25) is 4.79 Å². The Kier molecular flexibility index (Phi) is 4.66. The predicted molar refractivity (Wildman–Crippen MR) is 115 cm³/mol. The van der Waals surface area contributed by atoms with Crippen LogP contribution in [0.5, 0.6) is 0 Å². The summed E-state index contributed by atoms with van der Waals surface area (Å²) in [5.74, 6) is 0.379. The fourth-order valence-electron chi connectivity index (χ4n) is 3.15. The van der Waals surface area contributed by atoms with Crippen LogP contribution in [0.4, 0.5) is 5.69 Å². The molecule has 0 unspecified atom stereocenters. The SMILES string of the molecule is Cc1cc(-c2nc3ncccc3o2)ccc1NC(=O)c1ccc(C(C)(C)C)cc1. The van der Waals surface area contributed by atoms with Crippen molar-refractivity contribution in [3.8, 4) is 11.5 Å². The predicted octanol–water partition coefficient (Wildman–Crippen LogP) is 5.75. The van der Waals surface area contributed by atoms with Crippen molar-refractivity contribution < 1.29 is 9.21 Å². The number of aromatic nitrogens is 2. The molecule has 0 bridgehead atoms. The summed E-state index contributed by atoms with van der Waals surface area (Å²) < 4.78 is 5.78. The number of pyridine rings is 1. The largest absolute Gasteiger partial charge is 0.434 e. The van der Waals surface area contributed by atoms with Crippen molar-refractivity contribution in [3.63, 3.8) is 0 Å². The Balaban J connectivity index is 1.54. The van der Waals surface area contributed by atoms with Crippen molar-refractivity contribution in [3.05, 3.63) is 77.5 Å². The number of carbonyl (C=O) groups is 1. The Morgan fingerprint density at radius 2 is 1.79 bits per heavy atom. The molecule has 2 heterocycles. The number of oxazole rings is 1. The molecule has 0 aliphatic heterocycles. The molecule has 4 aromatic rings. The number of nitrogens with one attached hydrogen (secondary N) is 1. The number of anilines is 1. The molecule has 0 fully saturated rings. The first-order chi connectivity index (χ1) is 13.8. The van der Waals surface area contributed by atoms with E-state index in [9.17, 15) is 4.79 Å². The molecular formula is C24H23N3O2. The molecule has 1 amide bonds. The van der Waals surface area contributed by atoms with Crippen LogP contribution >= 0.6 is 0 Å². The van der Waals surface area contributed by atoms with E-state index in [1.807, 2.05) is 61.5 Å². The van der Waals surface area contributed by atoms with Gasteiger partial charge in [-0.2, -0.15) is 4.98 Å². The zero-order valence-electron chi connectivity index (χ0n) is 17.0. The van der Waals surface area contributed by atoms with Gasteiger partial charge >= 0.3 is 0 Å².